The van der Waals surface area contributed by atoms with E-state index in [1.807, 2.05) is 45.0 Å². The summed E-state index contributed by atoms with van der Waals surface area (Å²) in [4.78, 5) is 24.4. The second-order valence-corrected chi connectivity index (χ2v) is 8.62. The van der Waals surface area contributed by atoms with Crippen LogP contribution in [0, 0.1) is 18.3 Å². The van der Waals surface area contributed by atoms with Crippen LogP contribution in [0.2, 0.25) is 0 Å². The van der Waals surface area contributed by atoms with Crippen molar-refractivity contribution in [2.45, 2.75) is 43.4 Å². The van der Waals surface area contributed by atoms with Gasteiger partial charge in [0, 0.05) is 35.6 Å². The number of hydrogen-bond acceptors (Lipinski definition) is 4. The molecule has 1 N–H and O–H groups in total. The molecule has 1 fully saturated rings. The quantitative estimate of drug-likeness (QED) is 0.911. The average molecular weight is 345 g/mol. The Balaban J connectivity index is 2.10. The predicted octanol–water partition coefficient (Wildman–Crippen LogP) is 2.53. The Morgan fingerprint density at radius 3 is 2.62 bits per heavy atom. The fourth-order valence-corrected chi connectivity index (χ4v) is 5.78. The first kappa shape index (κ1) is 17.2. The highest BCUT2D eigenvalue weighted by molar-refractivity contribution is 7.86. The third-order valence-electron chi connectivity index (χ3n) is 5.50. The van der Waals surface area contributed by atoms with Gasteiger partial charge in [0.15, 0.2) is 5.78 Å². The molecule has 0 amide bonds. The first-order valence-corrected chi connectivity index (χ1v) is 9.47. The predicted molar refractivity (Wildman–Crippen MR) is 94.0 cm³/mol. The van der Waals surface area contributed by atoms with E-state index in [0.717, 1.165) is 5.56 Å². The monoisotopic (exact) mass is 345 g/mol. The van der Waals surface area contributed by atoms with Crippen molar-refractivity contribution >= 4 is 22.4 Å². The molecule has 0 saturated carbocycles. The Morgan fingerprint density at radius 1 is 1.33 bits per heavy atom. The number of ketones is 2. The molecule has 128 valence electrons. The van der Waals surface area contributed by atoms with E-state index in [-0.39, 0.29) is 23.9 Å². The van der Waals surface area contributed by atoms with Crippen LogP contribution in [-0.2, 0) is 20.4 Å². The molecule has 5 heteroatoms. The molecular formula is C19H23NO3S. The zero-order chi connectivity index (χ0) is 17.5. The molecular weight excluding hydrogens is 322 g/mol. The number of benzene rings is 1. The van der Waals surface area contributed by atoms with E-state index in [1.165, 1.54) is 6.08 Å². The largest absolute Gasteiger partial charge is 0.299 e. The second-order valence-electron chi connectivity index (χ2n) is 6.96. The molecule has 24 heavy (non-hydrogen) atoms. The highest BCUT2D eigenvalue weighted by Gasteiger charge is 2.63. The van der Waals surface area contributed by atoms with Crippen LogP contribution in [0.5, 0.6) is 0 Å². The van der Waals surface area contributed by atoms with E-state index in [0.29, 0.717) is 17.9 Å². The zero-order valence-corrected chi connectivity index (χ0v) is 15.1. The van der Waals surface area contributed by atoms with E-state index in [9.17, 15) is 13.8 Å². The molecule has 3 rings (SSSR count). The van der Waals surface area contributed by atoms with Crippen molar-refractivity contribution in [3.8, 4) is 0 Å². The van der Waals surface area contributed by atoms with Crippen LogP contribution in [0.25, 0.3) is 0 Å². The number of rotatable bonds is 4. The van der Waals surface area contributed by atoms with Gasteiger partial charge in [0.05, 0.1) is 10.8 Å². The Bertz CT molecular complexity index is 739. The molecule has 1 aliphatic carbocycles. The Kier molecular flexibility index (Phi) is 4.34. The van der Waals surface area contributed by atoms with Gasteiger partial charge in [-0.1, -0.05) is 31.5 Å². The number of hydrogen-bond donors (Lipinski definition) is 1. The number of nitrogens with one attached hydrogen (secondary N) is 1. The molecule has 1 heterocycles. The van der Waals surface area contributed by atoms with Gasteiger partial charge in [-0.3, -0.25) is 19.1 Å². The Morgan fingerprint density at radius 2 is 2.00 bits per heavy atom. The van der Waals surface area contributed by atoms with Crippen LogP contribution in [-0.4, -0.2) is 27.2 Å². The van der Waals surface area contributed by atoms with Crippen LogP contribution >= 0.6 is 0 Å². The summed E-state index contributed by atoms with van der Waals surface area (Å²) in [7, 11) is -1.40. The second kappa shape index (κ2) is 6.05. The number of fused-ring (bicyclic) bond motifs is 1. The van der Waals surface area contributed by atoms with Crippen molar-refractivity contribution in [3.63, 3.8) is 0 Å². The Labute approximate surface area is 145 Å². The van der Waals surface area contributed by atoms with Gasteiger partial charge in [0.1, 0.15) is 10.7 Å². The van der Waals surface area contributed by atoms with Gasteiger partial charge >= 0.3 is 0 Å². The molecule has 4 atom stereocenters. The van der Waals surface area contributed by atoms with Crippen LogP contribution in [0.4, 0.5) is 0 Å². The molecule has 2 aliphatic rings. The molecule has 1 aromatic rings. The maximum atomic E-state index is 13.5. The van der Waals surface area contributed by atoms with Crippen LogP contribution in [0.1, 0.15) is 32.3 Å². The molecule has 1 aromatic carbocycles. The van der Waals surface area contributed by atoms with Gasteiger partial charge in [-0.15, -0.1) is 0 Å². The molecule has 0 spiro atoms. The maximum Gasteiger partial charge on any atom is 0.156 e. The van der Waals surface area contributed by atoms with Gasteiger partial charge in [-0.2, -0.15) is 0 Å². The summed E-state index contributed by atoms with van der Waals surface area (Å²) < 4.78 is 13.5. The topological polar surface area (TPSA) is 63.2 Å². The molecule has 0 aromatic heterocycles. The lowest BCUT2D eigenvalue weighted by Crippen LogP contribution is -2.56. The van der Waals surface area contributed by atoms with Gasteiger partial charge < -0.3 is 0 Å². The van der Waals surface area contributed by atoms with Gasteiger partial charge in [0.2, 0.25) is 0 Å². The molecule has 4 nitrogen and oxygen atoms in total. The summed E-state index contributed by atoms with van der Waals surface area (Å²) in [5.74, 6) is -0.187. The third kappa shape index (κ3) is 2.42. The minimum Gasteiger partial charge on any atom is -0.299 e. The minimum atomic E-state index is -1.40. The lowest BCUT2D eigenvalue weighted by atomic mass is 9.67. The highest BCUT2D eigenvalue weighted by Crippen LogP contribution is 2.53. The SMILES string of the molecule is CCC(=O)[C@H]1CN[C@]2(S(=O)c3ccc(C)cc3)C=CC(=O)C[C@]12C. The average Bonchev–Trinajstić information content (AvgIpc) is 2.87. The van der Waals surface area contributed by atoms with Gasteiger partial charge in [0.25, 0.3) is 0 Å². The molecule has 1 aliphatic heterocycles. The fourth-order valence-electron chi connectivity index (χ4n) is 3.98. The van der Waals surface area contributed by atoms with E-state index < -0.39 is 21.1 Å². The summed E-state index contributed by atoms with van der Waals surface area (Å²) in [6.45, 7) is 6.21. The van der Waals surface area contributed by atoms with E-state index in [1.54, 1.807) is 6.08 Å². The van der Waals surface area contributed by atoms with Crippen molar-refractivity contribution in [1.82, 2.24) is 5.32 Å². The fraction of sp³-hybridized carbons (Fsp3) is 0.474. The lowest BCUT2D eigenvalue weighted by Gasteiger charge is -2.44. The summed E-state index contributed by atoms with van der Waals surface area (Å²) in [6, 6.07) is 7.59. The van der Waals surface area contributed by atoms with Crippen molar-refractivity contribution in [2.24, 2.45) is 11.3 Å². The van der Waals surface area contributed by atoms with E-state index >= 15 is 0 Å². The summed E-state index contributed by atoms with van der Waals surface area (Å²) >= 11 is 0. The number of aryl methyl sites for hydroxylation is 1. The molecule has 0 bridgehead atoms. The zero-order valence-electron chi connectivity index (χ0n) is 14.3. The maximum absolute atomic E-state index is 13.5. The van der Waals surface area contributed by atoms with E-state index in [2.05, 4.69) is 5.32 Å². The van der Waals surface area contributed by atoms with Crippen LogP contribution in [0.15, 0.2) is 41.3 Å². The standard InChI is InChI=1S/C19H23NO3S/c1-4-17(22)16-12-20-19(10-9-14(21)11-18(16,19)3)24(23)15-7-5-13(2)6-8-15/h5-10,16,20H,4,11-12H2,1-3H3/t16-,18-,19+,24?/m1/s1. The van der Waals surface area contributed by atoms with Crippen molar-refractivity contribution in [2.75, 3.05) is 6.54 Å². The minimum absolute atomic E-state index is 0.00775. The molecule has 0 radical (unpaired) electrons. The number of Topliss-reactive ketones (excluding diaryl/α,β-unsaturated/α-hetero) is 1. The molecule has 1 unspecified atom stereocenters. The first-order valence-electron chi connectivity index (χ1n) is 8.32. The number of carbonyl (C=O) groups excluding carboxylic acids is 2. The first-order chi connectivity index (χ1) is 11.3. The highest BCUT2D eigenvalue weighted by atomic mass is 32.2. The Hall–Kier alpha value is -1.59. The molecule has 1 saturated heterocycles. The summed E-state index contributed by atoms with van der Waals surface area (Å²) in [6.07, 6.45) is 3.91. The van der Waals surface area contributed by atoms with Crippen molar-refractivity contribution < 1.29 is 13.8 Å². The van der Waals surface area contributed by atoms with Gasteiger partial charge in [-0.25, -0.2) is 0 Å². The van der Waals surface area contributed by atoms with Crippen LogP contribution < -0.4 is 5.32 Å². The number of allylic oxidation sites excluding steroid dienone is 1. The third-order valence-corrected chi connectivity index (χ3v) is 7.53. The van der Waals surface area contributed by atoms with Crippen molar-refractivity contribution in [1.29, 1.82) is 0 Å². The van der Waals surface area contributed by atoms with E-state index in [4.69, 9.17) is 0 Å². The normalized spacial score (nSPS) is 33.3. The van der Waals surface area contributed by atoms with Crippen molar-refractivity contribution in [3.05, 3.63) is 42.0 Å². The summed E-state index contributed by atoms with van der Waals surface area (Å²) in [5, 5.41) is 3.35. The number of carbonyl (C=O) groups is 2. The summed E-state index contributed by atoms with van der Waals surface area (Å²) in [5.41, 5.74) is 0.422. The van der Waals surface area contributed by atoms with Crippen LogP contribution in [0.3, 0.4) is 0 Å². The smallest absolute Gasteiger partial charge is 0.156 e. The lowest BCUT2D eigenvalue weighted by molar-refractivity contribution is -0.127. The van der Waals surface area contributed by atoms with Gasteiger partial charge in [-0.05, 0) is 31.2 Å².